The summed E-state index contributed by atoms with van der Waals surface area (Å²) in [6.45, 7) is 6.33. The fourth-order valence-corrected chi connectivity index (χ4v) is 2.97. The van der Waals surface area contributed by atoms with Crippen LogP contribution in [0, 0.1) is 23.1 Å². The zero-order chi connectivity index (χ0) is 14.5. The number of benzene rings is 1. The second kappa shape index (κ2) is 7.05. The highest BCUT2D eigenvalue weighted by molar-refractivity contribution is 9.10. The zero-order valence-corrected chi connectivity index (χ0v) is 13.2. The maximum atomic E-state index is 14.1. The number of piperidine rings is 1. The van der Waals surface area contributed by atoms with Crippen molar-refractivity contribution in [3.05, 3.63) is 28.0 Å². The summed E-state index contributed by atoms with van der Waals surface area (Å²) in [6.07, 6.45) is 2.31. The zero-order valence-electron chi connectivity index (χ0n) is 11.6. The minimum absolute atomic E-state index is 0.241. The Bertz CT molecular complexity index is 505. The fraction of sp³-hybridized carbons (Fsp3) is 0.533. The second-order valence-corrected chi connectivity index (χ2v) is 5.95. The first-order chi connectivity index (χ1) is 9.65. The predicted molar refractivity (Wildman–Crippen MR) is 82.1 cm³/mol. The van der Waals surface area contributed by atoms with E-state index in [1.807, 2.05) is 6.07 Å². The largest absolute Gasteiger partial charge is 0.382 e. The van der Waals surface area contributed by atoms with Crippen LogP contribution in [0.25, 0.3) is 0 Å². The summed E-state index contributed by atoms with van der Waals surface area (Å²) < 4.78 is 14.3. The normalized spacial score (nSPS) is 16.9. The molecule has 0 unspecified atom stereocenters. The van der Waals surface area contributed by atoms with Crippen LogP contribution in [0.1, 0.15) is 25.3 Å². The molecular formula is C15H19BrFN3. The standard InChI is InChI=1S/C15H19BrFN3/c1-2-20-7-5-11(6-8-20)10-19-13-4-3-12(9-18)14(16)15(13)17/h3-4,11,19H,2,5-8,10H2,1H3. The first-order valence-corrected chi connectivity index (χ1v) is 7.79. The highest BCUT2D eigenvalue weighted by atomic mass is 79.9. The Hall–Kier alpha value is -1.12. The van der Waals surface area contributed by atoms with Crippen LogP contribution in [0.15, 0.2) is 16.6 Å². The Balaban J connectivity index is 1.92. The van der Waals surface area contributed by atoms with Gasteiger partial charge in [0.05, 0.1) is 15.7 Å². The molecule has 20 heavy (non-hydrogen) atoms. The molecule has 0 aromatic heterocycles. The lowest BCUT2D eigenvalue weighted by molar-refractivity contribution is 0.198. The summed E-state index contributed by atoms with van der Waals surface area (Å²) in [4.78, 5) is 2.44. The Morgan fingerprint density at radius 2 is 2.15 bits per heavy atom. The molecule has 3 nitrogen and oxygen atoms in total. The van der Waals surface area contributed by atoms with E-state index in [1.165, 1.54) is 0 Å². The van der Waals surface area contributed by atoms with Crippen molar-refractivity contribution in [1.82, 2.24) is 4.90 Å². The van der Waals surface area contributed by atoms with Crippen molar-refractivity contribution in [2.24, 2.45) is 5.92 Å². The van der Waals surface area contributed by atoms with Crippen molar-refractivity contribution < 1.29 is 4.39 Å². The van der Waals surface area contributed by atoms with E-state index in [0.29, 0.717) is 17.2 Å². The van der Waals surface area contributed by atoms with Crippen LogP contribution < -0.4 is 5.32 Å². The lowest BCUT2D eigenvalue weighted by atomic mass is 9.97. The molecule has 1 aliphatic heterocycles. The van der Waals surface area contributed by atoms with Gasteiger partial charge >= 0.3 is 0 Å². The van der Waals surface area contributed by atoms with Gasteiger partial charge in [-0.2, -0.15) is 5.26 Å². The number of rotatable bonds is 4. The minimum atomic E-state index is -0.380. The number of likely N-dealkylation sites (tertiary alicyclic amines) is 1. The van der Waals surface area contributed by atoms with Crippen LogP contribution in [0.4, 0.5) is 10.1 Å². The third kappa shape index (κ3) is 3.50. The monoisotopic (exact) mass is 339 g/mol. The summed E-state index contributed by atoms with van der Waals surface area (Å²) in [7, 11) is 0. The highest BCUT2D eigenvalue weighted by Crippen LogP contribution is 2.27. The van der Waals surface area contributed by atoms with Crippen molar-refractivity contribution in [1.29, 1.82) is 5.26 Å². The Morgan fingerprint density at radius 3 is 2.75 bits per heavy atom. The van der Waals surface area contributed by atoms with Gasteiger partial charge in [0, 0.05) is 6.54 Å². The molecule has 1 N–H and O–H groups in total. The van der Waals surface area contributed by atoms with Gasteiger partial charge in [0.25, 0.3) is 0 Å². The third-order valence-electron chi connectivity index (χ3n) is 3.94. The van der Waals surface area contributed by atoms with E-state index in [9.17, 15) is 4.39 Å². The Kier molecular flexibility index (Phi) is 5.38. The van der Waals surface area contributed by atoms with Crippen LogP contribution >= 0.6 is 15.9 Å². The molecule has 2 rings (SSSR count). The van der Waals surface area contributed by atoms with E-state index in [-0.39, 0.29) is 10.3 Å². The molecule has 1 aliphatic rings. The van der Waals surface area contributed by atoms with Crippen molar-refractivity contribution in [3.63, 3.8) is 0 Å². The number of halogens is 2. The molecule has 0 amide bonds. The second-order valence-electron chi connectivity index (χ2n) is 5.16. The third-order valence-corrected chi connectivity index (χ3v) is 4.71. The van der Waals surface area contributed by atoms with Crippen LogP contribution in [0.2, 0.25) is 0 Å². The molecule has 1 fully saturated rings. The number of anilines is 1. The molecule has 0 spiro atoms. The number of nitriles is 1. The van der Waals surface area contributed by atoms with Gasteiger partial charge in [-0.05, 0) is 66.5 Å². The number of hydrogen-bond donors (Lipinski definition) is 1. The van der Waals surface area contributed by atoms with Gasteiger partial charge in [0.2, 0.25) is 0 Å². The molecule has 0 aliphatic carbocycles. The fourth-order valence-electron chi connectivity index (χ4n) is 2.53. The first kappa shape index (κ1) is 15.3. The van der Waals surface area contributed by atoms with Gasteiger partial charge in [-0.3, -0.25) is 0 Å². The lowest BCUT2D eigenvalue weighted by Gasteiger charge is -2.31. The summed E-state index contributed by atoms with van der Waals surface area (Å²) in [6, 6.07) is 5.23. The molecule has 0 atom stereocenters. The van der Waals surface area contributed by atoms with Crippen molar-refractivity contribution in [2.45, 2.75) is 19.8 Å². The maximum absolute atomic E-state index is 14.1. The molecular weight excluding hydrogens is 321 g/mol. The van der Waals surface area contributed by atoms with E-state index in [4.69, 9.17) is 5.26 Å². The van der Waals surface area contributed by atoms with Gasteiger partial charge in [0.1, 0.15) is 6.07 Å². The van der Waals surface area contributed by atoms with E-state index in [0.717, 1.165) is 39.0 Å². The molecule has 5 heteroatoms. The number of nitrogens with one attached hydrogen (secondary N) is 1. The smallest absolute Gasteiger partial charge is 0.161 e. The van der Waals surface area contributed by atoms with Crippen molar-refractivity contribution >= 4 is 21.6 Å². The summed E-state index contributed by atoms with van der Waals surface area (Å²) in [5, 5.41) is 12.0. The number of nitrogens with zero attached hydrogens (tertiary/aromatic N) is 2. The SMILES string of the molecule is CCN1CCC(CNc2ccc(C#N)c(Br)c2F)CC1. The van der Waals surface area contributed by atoms with E-state index >= 15 is 0 Å². The minimum Gasteiger partial charge on any atom is -0.382 e. The molecule has 1 aromatic rings. The molecule has 1 aromatic carbocycles. The van der Waals surface area contributed by atoms with Gasteiger partial charge in [-0.1, -0.05) is 6.92 Å². The van der Waals surface area contributed by atoms with E-state index in [2.05, 4.69) is 33.1 Å². The molecule has 1 saturated heterocycles. The van der Waals surface area contributed by atoms with Gasteiger partial charge < -0.3 is 10.2 Å². The van der Waals surface area contributed by atoms with Crippen molar-refractivity contribution in [3.8, 4) is 6.07 Å². The average Bonchev–Trinajstić information content (AvgIpc) is 2.49. The van der Waals surface area contributed by atoms with Crippen LogP contribution in [0.3, 0.4) is 0 Å². The summed E-state index contributed by atoms with van der Waals surface area (Å²) >= 11 is 3.13. The van der Waals surface area contributed by atoms with Gasteiger partial charge in [0.15, 0.2) is 5.82 Å². The molecule has 0 bridgehead atoms. The molecule has 1 heterocycles. The Morgan fingerprint density at radius 1 is 1.45 bits per heavy atom. The van der Waals surface area contributed by atoms with E-state index in [1.54, 1.807) is 12.1 Å². The number of hydrogen-bond acceptors (Lipinski definition) is 3. The molecule has 0 radical (unpaired) electrons. The van der Waals surface area contributed by atoms with Crippen LogP contribution in [-0.4, -0.2) is 31.1 Å². The van der Waals surface area contributed by atoms with Crippen LogP contribution in [-0.2, 0) is 0 Å². The summed E-state index contributed by atoms with van der Waals surface area (Å²) in [5.41, 5.74) is 0.790. The molecule has 0 saturated carbocycles. The van der Waals surface area contributed by atoms with Crippen LogP contribution in [0.5, 0.6) is 0 Å². The Labute approximate surface area is 127 Å². The van der Waals surface area contributed by atoms with E-state index < -0.39 is 0 Å². The first-order valence-electron chi connectivity index (χ1n) is 7.00. The van der Waals surface area contributed by atoms with Gasteiger partial charge in [-0.15, -0.1) is 0 Å². The molecule has 108 valence electrons. The van der Waals surface area contributed by atoms with Crippen molar-refractivity contribution in [2.75, 3.05) is 31.5 Å². The predicted octanol–water partition coefficient (Wildman–Crippen LogP) is 3.60. The lowest BCUT2D eigenvalue weighted by Crippen LogP contribution is -2.35. The van der Waals surface area contributed by atoms with Gasteiger partial charge in [-0.25, -0.2) is 4.39 Å². The topological polar surface area (TPSA) is 39.1 Å². The quantitative estimate of drug-likeness (QED) is 0.910. The average molecular weight is 340 g/mol. The summed E-state index contributed by atoms with van der Waals surface area (Å²) in [5.74, 6) is 0.210. The maximum Gasteiger partial charge on any atom is 0.161 e. The highest BCUT2D eigenvalue weighted by Gasteiger charge is 2.18.